The van der Waals surface area contributed by atoms with E-state index in [-0.39, 0.29) is 0 Å². The lowest BCUT2D eigenvalue weighted by molar-refractivity contribution is -0.157. The Morgan fingerprint density at radius 3 is 1.17 bits per heavy atom. The minimum absolute atomic E-state index is 0.451. The molecule has 0 heterocycles. The van der Waals surface area contributed by atoms with E-state index in [0.717, 1.165) is 77.7 Å². The molecule has 7 fully saturated rings. The number of hydrogen-bond donors (Lipinski definition) is 0. The van der Waals surface area contributed by atoms with E-state index in [0.29, 0.717) is 5.41 Å². The summed E-state index contributed by atoms with van der Waals surface area (Å²) in [5.74, 6) is 6.66. The molecule has 0 radical (unpaired) electrons. The van der Waals surface area contributed by atoms with Gasteiger partial charge in [0.25, 0.3) is 0 Å². The number of hydrogen-bond acceptors (Lipinski definition) is 2. The summed E-state index contributed by atoms with van der Waals surface area (Å²) in [6, 6.07) is 5.34. The van der Waals surface area contributed by atoms with Crippen molar-refractivity contribution in [2.75, 3.05) is 0 Å². The molecule has 264 valence electrons. The van der Waals surface area contributed by atoms with Gasteiger partial charge in [-0.15, -0.1) is 0 Å². The van der Waals surface area contributed by atoms with E-state index in [1.807, 2.05) is 0 Å². The fourth-order valence-corrected chi connectivity index (χ4v) is 13.8. The summed E-state index contributed by atoms with van der Waals surface area (Å²) >= 11 is 0. The third kappa shape index (κ3) is 7.21. The Kier molecular flexibility index (Phi) is 11.2. The van der Waals surface area contributed by atoms with E-state index < -0.39 is 0 Å². The molecule has 0 aromatic carbocycles. The molecule has 7 saturated carbocycles. The maximum Gasteiger partial charge on any atom is 0.0164 e. The largest absolute Gasteiger partial charge is 0.294 e. The van der Waals surface area contributed by atoms with Gasteiger partial charge in [0.15, 0.2) is 0 Å². The minimum Gasteiger partial charge on any atom is -0.294 e. The molecule has 0 spiro atoms. The lowest BCUT2D eigenvalue weighted by Gasteiger charge is -2.65. The Bertz CT molecular complexity index is 924. The average molecular weight is 635 g/mol. The van der Waals surface area contributed by atoms with Crippen LogP contribution in [-0.4, -0.2) is 46.1 Å². The zero-order chi connectivity index (χ0) is 31.8. The molecule has 0 N–H and O–H groups in total. The quantitative estimate of drug-likeness (QED) is 0.287. The summed E-state index contributed by atoms with van der Waals surface area (Å²) < 4.78 is 0. The predicted octanol–water partition coefficient (Wildman–Crippen LogP) is 12.0. The first-order chi connectivity index (χ1) is 22.3. The van der Waals surface area contributed by atoms with Crippen LogP contribution in [0.15, 0.2) is 0 Å². The van der Waals surface area contributed by atoms with Gasteiger partial charge in [0, 0.05) is 36.3 Å². The fraction of sp³-hybridized carbons (Fsp3) is 1.00. The topological polar surface area (TPSA) is 6.48 Å². The van der Waals surface area contributed by atoms with Crippen molar-refractivity contribution in [3.8, 4) is 0 Å². The highest BCUT2D eigenvalue weighted by Gasteiger charge is 2.58. The van der Waals surface area contributed by atoms with Crippen LogP contribution in [0, 0.1) is 46.8 Å². The normalized spacial score (nSPS) is 43.8. The van der Waals surface area contributed by atoms with Crippen molar-refractivity contribution in [3.63, 3.8) is 0 Å². The molecular weight excluding hydrogens is 556 g/mol. The molecule has 7 rings (SSSR count). The standard InChI is InChI=1S/C44H78N2/c1-31-20-25-36(26-21-31)45(34-14-8-6-9-15-34)42-38-18-12-13-19-39(38)43(41-30-33(44(3,4)5)24-29-40(41)42)46(35-16-10-7-11-17-35)37-27-22-32(2)23-28-37/h31-43H,6-30H2,1-5H3. The van der Waals surface area contributed by atoms with E-state index in [2.05, 4.69) is 44.4 Å². The molecule has 2 nitrogen and oxygen atoms in total. The molecule has 2 heteroatoms. The first-order valence-corrected chi connectivity index (χ1v) is 21.8. The molecule has 7 aliphatic carbocycles. The Morgan fingerprint density at radius 2 is 0.739 bits per heavy atom. The Hall–Kier alpha value is -0.0800. The number of rotatable bonds is 6. The van der Waals surface area contributed by atoms with Crippen LogP contribution in [0.4, 0.5) is 0 Å². The molecule has 46 heavy (non-hydrogen) atoms. The van der Waals surface area contributed by atoms with Gasteiger partial charge >= 0.3 is 0 Å². The van der Waals surface area contributed by atoms with Crippen LogP contribution in [0.3, 0.4) is 0 Å². The highest BCUT2D eigenvalue weighted by Crippen LogP contribution is 2.59. The van der Waals surface area contributed by atoms with Crippen LogP contribution >= 0.6 is 0 Å². The molecule has 0 aliphatic heterocycles. The summed E-state index contributed by atoms with van der Waals surface area (Å²) in [7, 11) is 0. The van der Waals surface area contributed by atoms with E-state index in [1.165, 1.54) is 135 Å². The molecule has 0 amide bonds. The highest BCUT2D eigenvalue weighted by molar-refractivity contribution is 5.11. The Balaban J connectivity index is 1.30. The maximum absolute atomic E-state index is 3.44. The van der Waals surface area contributed by atoms with Crippen LogP contribution in [0.2, 0.25) is 0 Å². The average Bonchev–Trinajstić information content (AvgIpc) is 3.07. The van der Waals surface area contributed by atoms with Gasteiger partial charge < -0.3 is 0 Å². The lowest BCUT2D eigenvalue weighted by atomic mass is 9.51. The summed E-state index contributed by atoms with van der Waals surface area (Å²) in [6.45, 7) is 12.9. The second-order valence-corrected chi connectivity index (χ2v) is 20.1. The minimum atomic E-state index is 0.451. The zero-order valence-electron chi connectivity index (χ0n) is 31.6. The Labute approximate surface area is 287 Å². The highest BCUT2D eigenvalue weighted by atomic mass is 15.3. The fourth-order valence-electron chi connectivity index (χ4n) is 13.8. The lowest BCUT2D eigenvalue weighted by Crippen LogP contribution is -2.69. The van der Waals surface area contributed by atoms with E-state index in [1.54, 1.807) is 25.7 Å². The predicted molar refractivity (Wildman–Crippen MR) is 197 cm³/mol. The van der Waals surface area contributed by atoms with Crippen molar-refractivity contribution in [1.29, 1.82) is 0 Å². The number of nitrogens with zero attached hydrogens (tertiary/aromatic N) is 2. The third-order valence-electron chi connectivity index (χ3n) is 16.3. The van der Waals surface area contributed by atoms with Crippen molar-refractivity contribution in [1.82, 2.24) is 9.80 Å². The van der Waals surface area contributed by atoms with Crippen LogP contribution < -0.4 is 0 Å². The van der Waals surface area contributed by atoms with E-state index in [9.17, 15) is 0 Å². The Morgan fingerprint density at radius 1 is 0.370 bits per heavy atom. The van der Waals surface area contributed by atoms with E-state index in [4.69, 9.17) is 0 Å². The van der Waals surface area contributed by atoms with Gasteiger partial charge in [-0.2, -0.15) is 0 Å². The second kappa shape index (κ2) is 15.0. The van der Waals surface area contributed by atoms with Crippen molar-refractivity contribution in [2.45, 2.75) is 231 Å². The van der Waals surface area contributed by atoms with Gasteiger partial charge in [0.1, 0.15) is 0 Å². The molecule has 0 bridgehead atoms. The van der Waals surface area contributed by atoms with Crippen molar-refractivity contribution >= 4 is 0 Å². The van der Waals surface area contributed by atoms with Gasteiger partial charge in [0.2, 0.25) is 0 Å². The van der Waals surface area contributed by atoms with Gasteiger partial charge in [-0.1, -0.05) is 86.0 Å². The van der Waals surface area contributed by atoms with Crippen molar-refractivity contribution in [3.05, 3.63) is 0 Å². The van der Waals surface area contributed by atoms with Gasteiger partial charge in [-0.25, -0.2) is 0 Å². The summed E-state index contributed by atoms with van der Waals surface area (Å²) in [5.41, 5.74) is 0.451. The van der Waals surface area contributed by atoms with Crippen LogP contribution in [0.25, 0.3) is 0 Å². The molecule has 7 aliphatic rings. The van der Waals surface area contributed by atoms with Gasteiger partial charge in [-0.3, -0.25) is 9.80 Å². The molecule has 7 unspecified atom stereocenters. The van der Waals surface area contributed by atoms with Crippen LogP contribution in [0.5, 0.6) is 0 Å². The SMILES string of the molecule is CC1CCC(N(C2CCCCC2)C2C3CCCCC3C(N(C3CCCCC3)C3CCC(C)CC3)C3CC(C(C)(C)C)CCC32)CC1. The van der Waals surface area contributed by atoms with Crippen molar-refractivity contribution in [2.24, 2.45) is 46.8 Å². The first kappa shape index (κ1) is 34.4. The van der Waals surface area contributed by atoms with Gasteiger partial charge in [-0.05, 0) is 156 Å². The molecule has 7 atom stereocenters. The van der Waals surface area contributed by atoms with Crippen molar-refractivity contribution < 1.29 is 0 Å². The van der Waals surface area contributed by atoms with Gasteiger partial charge in [0.05, 0.1) is 0 Å². The maximum atomic E-state index is 3.44. The zero-order valence-corrected chi connectivity index (χ0v) is 31.6. The first-order valence-electron chi connectivity index (χ1n) is 21.8. The summed E-state index contributed by atoms with van der Waals surface area (Å²) in [5, 5.41) is 0. The van der Waals surface area contributed by atoms with Crippen LogP contribution in [0.1, 0.15) is 195 Å². The van der Waals surface area contributed by atoms with E-state index >= 15 is 0 Å². The summed E-state index contributed by atoms with van der Waals surface area (Å²) in [4.78, 5) is 6.88. The molecular formula is C44H78N2. The van der Waals surface area contributed by atoms with Crippen LogP contribution in [-0.2, 0) is 0 Å². The third-order valence-corrected chi connectivity index (χ3v) is 16.3. The second-order valence-electron chi connectivity index (χ2n) is 20.1. The molecule has 0 aromatic heterocycles. The number of fused-ring (bicyclic) bond motifs is 2. The molecule has 0 aromatic rings. The smallest absolute Gasteiger partial charge is 0.0164 e. The molecule has 0 saturated heterocycles. The monoisotopic (exact) mass is 635 g/mol. The summed E-state index contributed by atoms with van der Waals surface area (Å²) in [6.07, 6.45) is 37.8.